The van der Waals surface area contributed by atoms with Crippen LogP contribution in [0.1, 0.15) is 0 Å². The average Bonchev–Trinajstić information content (AvgIpc) is 2.73. The molecule has 3 aromatic carbocycles. The molecule has 3 rings (SSSR count). The van der Waals surface area contributed by atoms with Crippen LogP contribution in [0.25, 0.3) is 0 Å². The summed E-state index contributed by atoms with van der Waals surface area (Å²) in [7, 11) is 1.33. The molecule has 2 nitrogen and oxygen atoms in total. The van der Waals surface area contributed by atoms with E-state index in [1.54, 1.807) is 14.2 Å². The van der Waals surface area contributed by atoms with Gasteiger partial charge >= 0.3 is 0 Å². The van der Waals surface area contributed by atoms with Gasteiger partial charge in [0.15, 0.2) is 0 Å². The van der Waals surface area contributed by atoms with Crippen LogP contribution < -0.4 is 25.0 Å². The maximum atomic E-state index is 7.73. The van der Waals surface area contributed by atoms with E-state index >= 15 is 0 Å². The van der Waals surface area contributed by atoms with E-state index in [9.17, 15) is 0 Å². The third-order valence-corrected chi connectivity index (χ3v) is 24.4. The van der Waals surface area contributed by atoms with Gasteiger partial charge in [-0.1, -0.05) is 72.9 Å². The highest BCUT2D eigenvalue weighted by molar-refractivity contribution is 7.70. The molecule has 0 aliphatic rings. The molecule has 0 aliphatic heterocycles. The second kappa shape index (κ2) is 7.92. The monoisotopic (exact) mass is 412 g/mol. The fourth-order valence-electron chi connectivity index (χ4n) is 3.58. The van der Waals surface area contributed by atoms with E-state index in [1.165, 1.54) is 15.6 Å². The first kappa shape index (κ1) is 19.7. The molecule has 0 N–H and O–H groups in total. The van der Waals surface area contributed by atoms with E-state index < -0.39 is 14.5 Å². The molecule has 0 unspecified atom stereocenters. The van der Waals surface area contributed by atoms with Gasteiger partial charge in [-0.15, -0.1) is 0 Å². The van der Waals surface area contributed by atoms with Gasteiger partial charge in [-0.25, -0.2) is 0 Å². The summed E-state index contributed by atoms with van der Waals surface area (Å²) in [4.78, 5) is 0. The molecule has 140 valence electrons. The van der Waals surface area contributed by atoms with Crippen LogP contribution in [-0.4, -0.2) is 28.7 Å². The van der Waals surface area contributed by atoms with Gasteiger partial charge in [0.25, 0.3) is 0 Å². The predicted octanol–water partition coefficient (Wildman–Crippen LogP) is 3.70. The minimum absolute atomic E-state index is 0.848. The third kappa shape index (κ3) is 3.57. The fourth-order valence-corrected chi connectivity index (χ4v) is 16.8. The van der Waals surface area contributed by atoms with Gasteiger partial charge in [0.1, 0.15) is 19.1 Å². The molecule has 0 radical (unpaired) electrons. The van der Waals surface area contributed by atoms with Gasteiger partial charge in [-0.05, 0) is 34.6 Å². The number of halogens is 1. The molecule has 0 aromatic heterocycles. The Hall–Kier alpha value is -2.02. The van der Waals surface area contributed by atoms with E-state index in [4.69, 9.17) is 20.6 Å². The van der Waals surface area contributed by atoms with Crippen LogP contribution in [0.3, 0.4) is 0 Å². The molecule has 0 spiro atoms. The third-order valence-electron chi connectivity index (χ3n) is 5.33. The lowest BCUT2D eigenvalue weighted by Crippen LogP contribution is -2.75. The molecule has 0 heterocycles. The summed E-state index contributed by atoms with van der Waals surface area (Å²) in [5.41, 5.74) is 0. The lowest BCUT2D eigenvalue weighted by atomic mass is 10.3. The highest BCUT2D eigenvalue weighted by atomic mass is 35.6. The van der Waals surface area contributed by atoms with Crippen molar-refractivity contribution in [2.24, 2.45) is 0 Å². The molecule has 0 atom stereocenters. The zero-order valence-electron chi connectivity index (χ0n) is 16.2. The highest BCUT2D eigenvalue weighted by Gasteiger charge is 2.52. The Morgan fingerprint density at radius 1 is 0.593 bits per heavy atom. The molecule has 0 saturated heterocycles. The van der Waals surface area contributed by atoms with Gasteiger partial charge in [-0.2, -0.15) is 11.1 Å². The number of benzene rings is 3. The number of hydrogen-bond acceptors (Lipinski definition) is 2. The van der Waals surface area contributed by atoms with Crippen LogP contribution in [0.4, 0.5) is 0 Å². The smallest absolute Gasteiger partial charge is 0.210 e. The molecule has 0 saturated carbocycles. The average molecular weight is 413 g/mol. The SMILES string of the molecule is COc1ccc([Si](Cl)(c2ccc(OC)cc2)[Si](C)(C)c2ccccc2)cc1. The van der Waals surface area contributed by atoms with Crippen molar-refractivity contribution in [1.29, 1.82) is 0 Å². The van der Waals surface area contributed by atoms with Crippen LogP contribution in [0.2, 0.25) is 13.1 Å². The standard InChI is InChI=1S/C22H25ClO2Si2/c1-24-18-10-14-21(15-11-18)27(23,22-16-12-19(25-2)13-17-22)26(3,4)20-8-6-5-7-9-20/h5-17H,1-4H3. The zero-order chi connectivity index (χ0) is 19.5. The van der Waals surface area contributed by atoms with Crippen LogP contribution in [0.15, 0.2) is 78.9 Å². The summed E-state index contributed by atoms with van der Waals surface area (Å²) >= 11 is 7.73. The Kier molecular flexibility index (Phi) is 5.79. The summed E-state index contributed by atoms with van der Waals surface area (Å²) in [6, 6.07) is 27.3. The van der Waals surface area contributed by atoms with Gasteiger partial charge < -0.3 is 9.47 Å². The second-order valence-corrected chi connectivity index (χ2v) is 22.1. The molecule has 5 heteroatoms. The van der Waals surface area contributed by atoms with Crippen molar-refractivity contribution < 1.29 is 9.47 Å². The van der Waals surface area contributed by atoms with Crippen LogP contribution in [-0.2, 0) is 0 Å². The molecule has 27 heavy (non-hydrogen) atoms. The van der Waals surface area contributed by atoms with E-state index in [0.717, 1.165) is 11.5 Å². The lowest BCUT2D eigenvalue weighted by molar-refractivity contribution is 0.415. The molecule has 0 aliphatic carbocycles. The van der Waals surface area contributed by atoms with E-state index in [-0.39, 0.29) is 0 Å². The molecular weight excluding hydrogens is 388 g/mol. The Morgan fingerprint density at radius 3 is 1.37 bits per heavy atom. The number of methoxy groups -OCH3 is 2. The minimum Gasteiger partial charge on any atom is -0.497 e. The Balaban J connectivity index is 2.21. The van der Waals surface area contributed by atoms with Crippen molar-refractivity contribution in [2.75, 3.05) is 14.2 Å². The largest absolute Gasteiger partial charge is 0.497 e. The molecular formula is C22H25ClO2Si2. The first-order valence-corrected chi connectivity index (χ1v) is 16.0. The van der Waals surface area contributed by atoms with Crippen LogP contribution in [0.5, 0.6) is 11.5 Å². The van der Waals surface area contributed by atoms with Gasteiger partial charge in [0.2, 0.25) is 6.90 Å². The normalized spacial score (nSPS) is 11.9. The topological polar surface area (TPSA) is 18.5 Å². The number of ether oxygens (including phenoxy) is 2. The van der Waals surface area contributed by atoms with Crippen molar-refractivity contribution in [1.82, 2.24) is 0 Å². The van der Waals surface area contributed by atoms with Crippen molar-refractivity contribution in [3.05, 3.63) is 78.9 Å². The van der Waals surface area contributed by atoms with Crippen molar-refractivity contribution >= 4 is 41.1 Å². The number of rotatable bonds is 6. The fraction of sp³-hybridized carbons (Fsp3) is 0.182. The Bertz CT molecular complexity index is 831. The van der Waals surface area contributed by atoms with Gasteiger partial charge in [0.05, 0.1) is 14.2 Å². The summed E-state index contributed by atoms with van der Waals surface area (Å²) in [5, 5.41) is 3.81. The Morgan fingerprint density at radius 2 is 1.00 bits per heavy atom. The first-order chi connectivity index (χ1) is 12.9. The first-order valence-electron chi connectivity index (χ1n) is 8.97. The maximum Gasteiger partial charge on any atom is 0.210 e. The summed E-state index contributed by atoms with van der Waals surface area (Å²) < 4.78 is 10.7. The molecule has 3 aromatic rings. The second-order valence-electron chi connectivity index (χ2n) is 7.11. The number of hydrogen-bond donors (Lipinski definition) is 0. The summed E-state index contributed by atoms with van der Waals surface area (Å²) in [5.74, 6) is 1.70. The van der Waals surface area contributed by atoms with Crippen LogP contribution in [0, 0.1) is 0 Å². The van der Waals surface area contributed by atoms with Crippen molar-refractivity contribution in [2.45, 2.75) is 13.1 Å². The lowest BCUT2D eigenvalue weighted by Gasteiger charge is -2.40. The summed E-state index contributed by atoms with van der Waals surface area (Å²) in [6.07, 6.45) is 0. The summed E-state index contributed by atoms with van der Waals surface area (Å²) in [6.45, 7) is 2.23. The van der Waals surface area contributed by atoms with Crippen molar-refractivity contribution in [3.63, 3.8) is 0 Å². The maximum absolute atomic E-state index is 7.73. The Labute approximate surface area is 168 Å². The van der Waals surface area contributed by atoms with Crippen LogP contribution >= 0.6 is 11.1 Å². The minimum atomic E-state index is -2.54. The molecule has 0 fully saturated rings. The van der Waals surface area contributed by atoms with E-state index in [1.807, 2.05) is 24.3 Å². The van der Waals surface area contributed by atoms with E-state index in [2.05, 4.69) is 67.7 Å². The van der Waals surface area contributed by atoms with Gasteiger partial charge in [0, 0.05) is 0 Å². The van der Waals surface area contributed by atoms with Gasteiger partial charge in [-0.3, -0.25) is 0 Å². The molecule has 0 bridgehead atoms. The quantitative estimate of drug-likeness (QED) is 0.454. The van der Waals surface area contributed by atoms with E-state index in [0.29, 0.717) is 0 Å². The highest BCUT2D eigenvalue weighted by Crippen LogP contribution is 2.25. The predicted molar refractivity (Wildman–Crippen MR) is 120 cm³/mol. The zero-order valence-corrected chi connectivity index (χ0v) is 19.0. The molecule has 0 amide bonds. The van der Waals surface area contributed by atoms with Crippen molar-refractivity contribution in [3.8, 4) is 11.5 Å².